The molecule has 0 aromatic heterocycles. The van der Waals surface area contributed by atoms with Crippen molar-refractivity contribution in [3.05, 3.63) is 0 Å². The van der Waals surface area contributed by atoms with E-state index in [4.69, 9.17) is 0 Å². The van der Waals surface area contributed by atoms with Crippen molar-refractivity contribution in [2.75, 3.05) is 13.6 Å². The molecule has 82 valence electrons. The molecule has 14 heavy (non-hydrogen) atoms. The van der Waals surface area contributed by atoms with Crippen molar-refractivity contribution in [1.29, 1.82) is 0 Å². The van der Waals surface area contributed by atoms with Gasteiger partial charge >= 0.3 is 0 Å². The highest BCUT2D eigenvalue weighted by Gasteiger charge is 2.27. The first-order valence-electron chi connectivity index (χ1n) is 4.81. The van der Waals surface area contributed by atoms with Gasteiger partial charge in [0.05, 0.1) is 5.41 Å². The van der Waals surface area contributed by atoms with E-state index >= 15 is 0 Å². The second-order valence-electron chi connectivity index (χ2n) is 4.34. The predicted octanol–water partition coefficient (Wildman–Crippen LogP) is 0.531. The van der Waals surface area contributed by atoms with Crippen LogP contribution < -0.4 is 10.6 Å². The standard InChI is InChI=1S/C10H20N2O2/c1-7(2)8(13)12-6-10(3,4)9(14)11-5/h7H,6H2,1-5H3,(H,11,14)(H,12,13). The van der Waals surface area contributed by atoms with E-state index < -0.39 is 5.41 Å². The quantitative estimate of drug-likeness (QED) is 0.695. The highest BCUT2D eigenvalue weighted by molar-refractivity contribution is 5.83. The fourth-order valence-corrected chi connectivity index (χ4v) is 0.931. The molecule has 0 bridgehead atoms. The first kappa shape index (κ1) is 12.9. The molecule has 0 aromatic carbocycles. The molecule has 0 fully saturated rings. The molecule has 4 heteroatoms. The van der Waals surface area contributed by atoms with Gasteiger partial charge in [0.25, 0.3) is 0 Å². The number of rotatable bonds is 4. The molecule has 0 radical (unpaired) electrons. The van der Waals surface area contributed by atoms with Crippen LogP contribution in [0.2, 0.25) is 0 Å². The second kappa shape index (κ2) is 4.98. The average Bonchev–Trinajstić information content (AvgIpc) is 2.12. The van der Waals surface area contributed by atoms with Gasteiger partial charge in [-0.15, -0.1) is 0 Å². The number of carbonyl (C=O) groups excluding carboxylic acids is 2. The molecule has 0 saturated carbocycles. The molecule has 0 aliphatic heterocycles. The van der Waals surface area contributed by atoms with Crippen LogP contribution in [-0.2, 0) is 9.59 Å². The van der Waals surface area contributed by atoms with Crippen molar-refractivity contribution in [1.82, 2.24) is 10.6 Å². The molecule has 0 saturated heterocycles. The molecule has 0 unspecified atom stereocenters. The fourth-order valence-electron chi connectivity index (χ4n) is 0.931. The van der Waals surface area contributed by atoms with Crippen molar-refractivity contribution in [3.63, 3.8) is 0 Å². The number of hydrogen-bond acceptors (Lipinski definition) is 2. The lowest BCUT2D eigenvalue weighted by molar-refractivity contribution is -0.130. The molecular weight excluding hydrogens is 180 g/mol. The van der Waals surface area contributed by atoms with E-state index in [1.807, 2.05) is 13.8 Å². The largest absolute Gasteiger partial charge is 0.359 e. The van der Waals surface area contributed by atoms with E-state index in [1.165, 1.54) is 0 Å². The normalized spacial score (nSPS) is 11.3. The highest BCUT2D eigenvalue weighted by atomic mass is 16.2. The Morgan fingerprint density at radius 2 is 1.79 bits per heavy atom. The van der Waals surface area contributed by atoms with Crippen LogP contribution in [-0.4, -0.2) is 25.4 Å². The van der Waals surface area contributed by atoms with Crippen molar-refractivity contribution in [3.8, 4) is 0 Å². The lowest BCUT2D eigenvalue weighted by Crippen LogP contribution is -2.44. The molecule has 0 spiro atoms. The van der Waals surface area contributed by atoms with Crippen molar-refractivity contribution >= 4 is 11.8 Å². The van der Waals surface area contributed by atoms with Crippen LogP contribution in [0.4, 0.5) is 0 Å². The van der Waals surface area contributed by atoms with Crippen molar-refractivity contribution in [2.24, 2.45) is 11.3 Å². The lowest BCUT2D eigenvalue weighted by Gasteiger charge is -2.23. The van der Waals surface area contributed by atoms with Crippen LogP contribution >= 0.6 is 0 Å². The zero-order valence-corrected chi connectivity index (χ0v) is 9.60. The smallest absolute Gasteiger partial charge is 0.227 e. The van der Waals surface area contributed by atoms with Gasteiger partial charge in [0, 0.05) is 19.5 Å². The highest BCUT2D eigenvalue weighted by Crippen LogP contribution is 2.13. The third-order valence-electron chi connectivity index (χ3n) is 2.07. The molecular formula is C10H20N2O2. The molecule has 0 aromatic rings. The van der Waals surface area contributed by atoms with Crippen LogP contribution in [0.1, 0.15) is 27.7 Å². The molecule has 2 N–H and O–H groups in total. The van der Waals surface area contributed by atoms with Gasteiger partial charge in [0.2, 0.25) is 11.8 Å². The van der Waals surface area contributed by atoms with E-state index in [1.54, 1.807) is 20.9 Å². The van der Waals surface area contributed by atoms with Gasteiger partial charge < -0.3 is 10.6 Å². The van der Waals surface area contributed by atoms with Crippen LogP contribution in [0.15, 0.2) is 0 Å². The summed E-state index contributed by atoms with van der Waals surface area (Å²) in [4.78, 5) is 22.6. The summed E-state index contributed by atoms with van der Waals surface area (Å²) in [6.45, 7) is 7.60. The molecule has 4 nitrogen and oxygen atoms in total. The van der Waals surface area contributed by atoms with Gasteiger partial charge in [0.1, 0.15) is 0 Å². The Morgan fingerprint density at radius 3 is 2.14 bits per heavy atom. The van der Waals surface area contributed by atoms with Crippen LogP contribution in [0.5, 0.6) is 0 Å². The van der Waals surface area contributed by atoms with Crippen molar-refractivity contribution < 1.29 is 9.59 Å². The first-order valence-corrected chi connectivity index (χ1v) is 4.81. The SMILES string of the molecule is CNC(=O)C(C)(C)CNC(=O)C(C)C. The molecule has 0 heterocycles. The van der Waals surface area contributed by atoms with E-state index in [-0.39, 0.29) is 17.7 Å². The molecule has 2 amide bonds. The number of amides is 2. The van der Waals surface area contributed by atoms with Gasteiger partial charge in [-0.2, -0.15) is 0 Å². The van der Waals surface area contributed by atoms with Crippen molar-refractivity contribution in [2.45, 2.75) is 27.7 Å². The second-order valence-corrected chi connectivity index (χ2v) is 4.34. The summed E-state index contributed by atoms with van der Waals surface area (Å²) in [5.41, 5.74) is -0.556. The average molecular weight is 200 g/mol. The van der Waals surface area contributed by atoms with Crippen LogP contribution in [0, 0.1) is 11.3 Å². The number of carbonyl (C=O) groups is 2. The summed E-state index contributed by atoms with van der Waals surface area (Å²) in [6.07, 6.45) is 0. The molecule has 0 aliphatic carbocycles. The minimum Gasteiger partial charge on any atom is -0.359 e. The zero-order valence-electron chi connectivity index (χ0n) is 9.60. The van der Waals surface area contributed by atoms with Gasteiger partial charge in [-0.1, -0.05) is 13.8 Å². The Hall–Kier alpha value is -1.06. The maximum atomic E-state index is 11.4. The van der Waals surface area contributed by atoms with Gasteiger partial charge in [-0.3, -0.25) is 9.59 Å². The van der Waals surface area contributed by atoms with Gasteiger partial charge in [-0.05, 0) is 13.8 Å². The summed E-state index contributed by atoms with van der Waals surface area (Å²) >= 11 is 0. The number of nitrogens with one attached hydrogen (secondary N) is 2. The molecule has 0 aliphatic rings. The van der Waals surface area contributed by atoms with E-state index in [9.17, 15) is 9.59 Å². The Balaban J connectivity index is 4.12. The maximum Gasteiger partial charge on any atom is 0.227 e. The summed E-state index contributed by atoms with van der Waals surface area (Å²) in [5, 5.41) is 5.31. The third-order valence-corrected chi connectivity index (χ3v) is 2.07. The Labute approximate surface area is 85.4 Å². The van der Waals surface area contributed by atoms with Gasteiger partial charge in [-0.25, -0.2) is 0 Å². The Kier molecular flexibility index (Phi) is 4.60. The minimum absolute atomic E-state index is 0.0259. The monoisotopic (exact) mass is 200 g/mol. The number of hydrogen-bond donors (Lipinski definition) is 2. The maximum absolute atomic E-state index is 11.4. The minimum atomic E-state index is -0.556. The first-order chi connectivity index (χ1) is 6.31. The summed E-state index contributed by atoms with van der Waals surface area (Å²) < 4.78 is 0. The van der Waals surface area contributed by atoms with Crippen LogP contribution in [0.25, 0.3) is 0 Å². The Morgan fingerprint density at radius 1 is 1.29 bits per heavy atom. The Bertz CT molecular complexity index is 222. The van der Waals surface area contributed by atoms with E-state index in [0.29, 0.717) is 6.54 Å². The zero-order chi connectivity index (χ0) is 11.4. The summed E-state index contributed by atoms with van der Waals surface area (Å²) in [6, 6.07) is 0. The predicted molar refractivity (Wildman–Crippen MR) is 55.7 cm³/mol. The fraction of sp³-hybridized carbons (Fsp3) is 0.800. The van der Waals surface area contributed by atoms with E-state index in [0.717, 1.165) is 0 Å². The third kappa shape index (κ3) is 3.77. The van der Waals surface area contributed by atoms with Crippen LogP contribution in [0.3, 0.4) is 0 Å². The molecule has 0 rings (SSSR count). The summed E-state index contributed by atoms with van der Waals surface area (Å²) in [5.74, 6) is -0.140. The van der Waals surface area contributed by atoms with E-state index in [2.05, 4.69) is 10.6 Å². The topological polar surface area (TPSA) is 58.2 Å². The van der Waals surface area contributed by atoms with Gasteiger partial charge in [0.15, 0.2) is 0 Å². The molecule has 0 atom stereocenters. The lowest BCUT2D eigenvalue weighted by atomic mass is 9.92. The summed E-state index contributed by atoms with van der Waals surface area (Å²) in [7, 11) is 1.59.